The molecule has 0 bridgehead atoms. The second-order valence-electron chi connectivity index (χ2n) is 3.92. The molecule has 1 aromatic rings. The second-order valence-corrected chi connectivity index (χ2v) is 5.94. The number of nitrogens with one attached hydrogen (secondary N) is 2. The summed E-state index contributed by atoms with van der Waals surface area (Å²) in [6.07, 6.45) is 0.797. The molecule has 21 heavy (non-hydrogen) atoms. The molecule has 0 aliphatic heterocycles. The van der Waals surface area contributed by atoms with Crippen LogP contribution in [-0.2, 0) is 10.0 Å². The van der Waals surface area contributed by atoms with E-state index in [1.807, 2.05) is 0 Å². The molecule has 0 aliphatic rings. The number of benzene rings is 1. The zero-order chi connectivity index (χ0) is 16.2. The first-order chi connectivity index (χ1) is 9.61. The molecule has 0 saturated carbocycles. The topological polar surface area (TPSA) is 139 Å². The van der Waals surface area contributed by atoms with Gasteiger partial charge in [0.25, 0.3) is 5.69 Å². The molecule has 0 unspecified atom stereocenters. The van der Waals surface area contributed by atoms with Crippen molar-refractivity contribution in [2.45, 2.75) is 0 Å². The molecule has 11 heteroatoms. The van der Waals surface area contributed by atoms with Gasteiger partial charge in [0.15, 0.2) is 0 Å². The maximum atomic E-state index is 11.5. The summed E-state index contributed by atoms with van der Waals surface area (Å²) < 4.78 is 22.5. The number of amides is 4. The lowest BCUT2D eigenvalue weighted by atomic mass is 10.3. The number of nitrogens with zero attached hydrogens (tertiary/aromatic N) is 2. The number of urea groups is 2. The van der Waals surface area contributed by atoms with Crippen LogP contribution in [0.3, 0.4) is 0 Å². The number of sulfonamides is 1. The van der Waals surface area contributed by atoms with Crippen molar-refractivity contribution in [3.63, 3.8) is 0 Å². The Hall–Kier alpha value is -2.69. The molecular weight excluding hydrogens is 304 g/mol. The summed E-state index contributed by atoms with van der Waals surface area (Å²) in [5, 5.41) is 14.5. The van der Waals surface area contributed by atoms with E-state index in [0.29, 0.717) is 4.31 Å². The number of hydrogen-bond donors (Lipinski definition) is 2. The van der Waals surface area contributed by atoms with Gasteiger partial charge in [-0.2, -0.15) is 0 Å². The smallest absolute Gasteiger partial charge is 0.307 e. The van der Waals surface area contributed by atoms with Gasteiger partial charge in [0.05, 0.1) is 11.2 Å². The first-order valence-electron chi connectivity index (χ1n) is 5.41. The largest absolute Gasteiger partial charge is 0.338 e. The lowest BCUT2D eigenvalue weighted by molar-refractivity contribution is -0.384. The molecule has 114 valence electrons. The minimum absolute atomic E-state index is 0.0801. The van der Waals surface area contributed by atoms with Gasteiger partial charge in [-0.15, -0.1) is 0 Å². The molecule has 0 heterocycles. The number of carbonyl (C=O) groups excluding carboxylic acids is 2. The maximum absolute atomic E-state index is 11.5. The summed E-state index contributed by atoms with van der Waals surface area (Å²) in [7, 11) is -2.81. The Kier molecular flexibility index (Phi) is 4.81. The Balaban J connectivity index is 2.72. The van der Waals surface area contributed by atoms with Crippen molar-refractivity contribution < 1.29 is 22.9 Å². The molecule has 0 spiro atoms. The Morgan fingerprint density at radius 3 is 2.48 bits per heavy atom. The first kappa shape index (κ1) is 16.4. The number of rotatable bonds is 3. The Bertz CT molecular complexity index is 687. The van der Waals surface area contributed by atoms with Crippen LogP contribution in [-0.4, -0.2) is 43.0 Å². The lowest BCUT2D eigenvalue weighted by Gasteiger charge is -2.14. The zero-order valence-electron chi connectivity index (χ0n) is 11.1. The molecule has 1 rings (SSSR count). The van der Waals surface area contributed by atoms with Gasteiger partial charge in [0, 0.05) is 24.9 Å². The fourth-order valence-corrected chi connectivity index (χ4v) is 1.53. The first-order valence-corrected chi connectivity index (χ1v) is 7.26. The molecule has 0 radical (unpaired) electrons. The number of hydrogen-bond acceptors (Lipinski definition) is 6. The Morgan fingerprint density at radius 1 is 1.33 bits per heavy atom. The predicted molar refractivity (Wildman–Crippen MR) is 73.3 cm³/mol. The predicted octanol–water partition coefficient (Wildman–Crippen LogP) is 0.728. The minimum Gasteiger partial charge on any atom is -0.307 e. The maximum Gasteiger partial charge on any atom is 0.338 e. The third-order valence-corrected chi connectivity index (χ3v) is 3.48. The van der Waals surface area contributed by atoms with Gasteiger partial charge in [0.1, 0.15) is 0 Å². The fourth-order valence-electron chi connectivity index (χ4n) is 1.19. The van der Waals surface area contributed by atoms with Crippen LogP contribution in [0.4, 0.5) is 21.0 Å². The summed E-state index contributed by atoms with van der Waals surface area (Å²) in [6.45, 7) is 0. The van der Waals surface area contributed by atoms with Crippen LogP contribution >= 0.6 is 0 Å². The van der Waals surface area contributed by atoms with Crippen LogP contribution in [0.25, 0.3) is 0 Å². The molecule has 10 nitrogen and oxygen atoms in total. The quantitative estimate of drug-likeness (QED) is 0.622. The van der Waals surface area contributed by atoms with Crippen molar-refractivity contribution in [1.82, 2.24) is 9.62 Å². The number of non-ortho nitro benzene ring substituents is 1. The normalized spacial score (nSPS) is 10.6. The van der Waals surface area contributed by atoms with E-state index in [9.17, 15) is 28.1 Å². The van der Waals surface area contributed by atoms with E-state index in [1.165, 1.54) is 18.2 Å². The Labute approximate surface area is 119 Å². The van der Waals surface area contributed by atoms with E-state index >= 15 is 0 Å². The van der Waals surface area contributed by atoms with Gasteiger partial charge in [-0.3, -0.25) is 15.4 Å². The van der Waals surface area contributed by atoms with Crippen molar-refractivity contribution in [2.75, 3.05) is 18.6 Å². The highest BCUT2D eigenvalue weighted by Crippen LogP contribution is 2.16. The van der Waals surface area contributed by atoms with Crippen LogP contribution in [0.2, 0.25) is 0 Å². The third-order valence-electron chi connectivity index (χ3n) is 2.32. The molecule has 0 fully saturated rings. The van der Waals surface area contributed by atoms with E-state index in [-0.39, 0.29) is 11.4 Å². The fraction of sp³-hybridized carbons (Fsp3) is 0.200. The SMILES string of the molecule is CN(C(=O)NC(=O)Nc1cccc([N+](=O)[O-])c1)S(C)(=O)=O. The zero-order valence-corrected chi connectivity index (χ0v) is 11.9. The van der Waals surface area contributed by atoms with Gasteiger partial charge in [-0.25, -0.2) is 22.3 Å². The highest BCUT2D eigenvalue weighted by atomic mass is 32.2. The second kappa shape index (κ2) is 6.17. The third kappa shape index (κ3) is 4.72. The van der Waals surface area contributed by atoms with E-state index in [4.69, 9.17) is 0 Å². The van der Waals surface area contributed by atoms with Crippen LogP contribution in [0.5, 0.6) is 0 Å². The van der Waals surface area contributed by atoms with E-state index in [1.54, 1.807) is 5.32 Å². The lowest BCUT2D eigenvalue weighted by Crippen LogP contribution is -2.44. The highest BCUT2D eigenvalue weighted by Gasteiger charge is 2.20. The van der Waals surface area contributed by atoms with Gasteiger partial charge in [-0.1, -0.05) is 6.07 Å². The molecule has 0 aromatic heterocycles. The number of imide groups is 1. The summed E-state index contributed by atoms with van der Waals surface area (Å²) >= 11 is 0. The van der Waals surface area contributed by atoms with Crippen LogP contribution < -0.4 is 10.6 Å². The standard InChI is InChI=1S/C10H12N4O6S/c1-13(21(2,19)20)10(16)12-9(15)11-7-4-3-5-8(6-7)14(17)18/h3-6H,1-2H3,(H2,11,12,15,16). The number of nitro benzene ring substituents is 1. The van der Waals surface area contributed by atoms with Gasteiger partial charge in [0.2, 0.25) is 10.0 Å². The van der Waals surface area contributed by atoms with Crippen molar-refractivity contribution in [3.05, 3.63) is 34.4 Å². The summed E-state index contributed by atoms with van der Waals surface area (Å²) in [5.74, 6) is 0. The van der Waals surface area contributed by atoms with Crippen molar-refractivity contribution in [1.29, 1.82) is 0 Å². The van der Waals surface area contributed by atoms with Gasteiger partial charge in [-0.05, 0) is 6.07 Å². The molecule has 1 aromatic carbocycles. The molecular formula is C10H12N4O6S. The Morgan fingerprint density at radius 2 is 1.95 bits per heavy atom. The van der Waals surface area contributed by atoms with Crippen LogP contribution in [0.1, 0.15) is 0 Å². The minimum atomic E-state index is -3.79. The average Bonchev–Trinajstić information content (AvgIpc) is 2.36. The van der Waals surface area contributed by atoms with Crippen LogP contribution in [0, 0.1) is 10.1 Å². The molecule has 0 aliphatic carbocycles. The number of nitro groups is 1. The van der Waals surface area contributed by atoms with Gasteiger partial charge < -0.3 is 5.32 Å². The van der Waals surface area contributed by atoms with E-state index < -0.39 is 27.0 Å². The summed E-state index contributed by atoms with van der Waals surface area (Å²) in [5.41, 5.74) is -0.163. The number of anilines is 1. The summed E-state index contributed by atoms with van der Waals surface area (Å²) in [6, 6.07) is 2.86. The summed E-state index contributed by atoms with van der Waals surface area (Å²) in [4.78, 5) is 32.9. The van der Waals surface area contributed by atoms with E-state index in [0.717, 1.165) is 19.4 Å². The highest BCUT2D eigenvalue weighted by molar-refractivity contribution is 7.88. The molecule has 0 saturated heterocycles. The van der Waals surface area contributed by atoms with Crippen LogP contribution in [0.15, 0.2) is 24.3 Å². The van der Waals surface area contributed by atoms with E-state index in [2.05, 4.69) is 5.32 Å². The number of carbonyl (C=O) groups is 2. The van der Waals surface area contributed by atoms with Crippen molar-refractivity contribution in [3.8, 4) is 0 Å². The molecule has 4 amide bonds. The monoisotopic (exact) mass is 316 g/mol. The van der Waals surface area contributed by atoms with Crippen molar-refractivity contribution in [2.24, 2.45) is 0 Å². The average molecular weight is 316 g/mol. The molecule has 2 N–H and O–H groups in total. The van der Waals surface area contributed by atoms with Gasteiger partial charge >= 0.3 is 12.1 Å². The van der Waals surface area contributed by atoms with Crippen molar-refractivity contribution >= 4 is 33.5 Å². The molecule has 0 atom stereocenters.